The SMILES string of the molecule is O=C(O)C1(c2cc3c(s2)CCC3)CCC1. The third-order valence-corrected chi connectivity index (χ3v) is 5.28. The lowest BCUT2D eigenvalue weighted by Gasteiger charge is -2.36. The molecule has 1 N–H and O–H groups in total. The average Bonchev–Trinajstić information content (AvgIpc) is 2.59. The maximum absolute atomic E-state index is 11.3. The molecule has 0 saturated heterocycles. The molecule has 0 spiro atoms. The first-order valence-corrected chi connectivity index (χ1v) is 6.39. The first-order chi connectivity index (χ1) is 7.22. The molecule has 0 radical (unpaired) electrons. The van der Waals surface area contributed by atoms with Gasteiger partial charge in [-0.3, -0.25) is 4.79 Å². The molecule has 0 aliphatic heterocycles. The summed E-state index contributed by atoms with van der Waals surface area (Å²) in [6.45, 7) is 0. The van der Waals surface area contributed by atoms with Gasteiger partial charge in [0.05, 0.1) is 0 Å². The van der Waals surface area contributed by atoms with E-state index in [0.717, 1.165) is 37.0 Å². The van der Waals surface area contributed by atoms with Crippen molar-refractivity contribution in [3.05, 3.63) is 21.4 Å². The van der Waals surface area contributed by atoms with Crippen molar-refractivity contribution in [3.8, 4) is 0 Å². The highest BCUT2D eigenvalue weighted by molar-refractivity contribution is 7.12. The minimum Gasteiger partial charge on any atom is -0.481 e. The molecule has 1 saturated carbocycles. The number of hydrogen-bond acceptors (Lipinski definition) is 2. The van der Waals surface area contributed by atoms with E-state index in [-0.39, 0.29) is 0 Å². The van der Waals surface area contributed by atoms with Crippen molar-refractivity contribution in [2.75, 3.05) is 0 Å². The van der Waals surface area contributed by atoms with E-state index in [1.807, 2.05) is 0 Å². The van der Waals surface area contributed by atoms with Gasteiger partial charge < -0.3 is 5.11 Å². The van der Waals surface area contributed by atoms with E-state index in [0.29, 0.717) is 0 Å². The summed E-state index contributed by atoms with van der Waals surface area (Å²) in [4.78, 5) is 13.9. The van der Waals surface area contributed by atoms with Gasteiger partial charge >= 0.3 is 5.97 Å². The lowest BCUT2D eigenvalue weighted by Crippen LogP contribution is -2.41. The van der Waals surface area contributed by atoms with E-state index in [4.69, 9.17) is 0 Å². The maximum atomic E-state index is 11.3. The van der Waals surface area contributed by atoms with Crippen molar-refractivity contribution in [1.82, 2.24) is 0 Å². The molecule has 3 heteroatoms. The van der Waals surface area contributed by atoms with Crippen LogP contribution in [-0.2, 0) is 23.1 Å². The Kier molecular flexibility index (Phi) is 1.93. The van der Waals surface area contributed by atoms with Crippen molar-refractivity contribution >= 4 is 17.3 Å². The van der Waals surface area contributed by atoms with Gasteiger partial charge in [-0.15, -0.1) is 11.3 Å². The van der Waals surface area contributed by atoms with E-state index in [1.54, 1.807) is 11.3 Å². The Bertz CT molecular complexity index is 394. The van der Waals surface area contributed by atoms with Gasteiger partial charge in [-0.05, 0) is 43.7 Å². The van der Waals surface area contributed by atoms with Gasteiger partial charge in [0, 0.05) is 9.75 Å². The smallest absolute Gasteiger partial charge is 0.314 e. The van der Waals surface area contributed by atoms with Crippen LogP contribution >= 0.6 is 11.3 Å². The van der Waals surface area contributed by atoms with E-state index in [1.165, 1.54) is 16.9 Å². The molecule has 1 aromatic rings. The standard InChI is InChI=1S/C12H14O2S/c13-11(14)12(5-2-6-12)10-7-8-3-1-4-9(8)15-10/h7H,1-6H2,(H,13,14). The summed E-state index contributed by atoms with van der Waals surface area (Å²) in [5.74, 6) is -0.617. The fourth-order valence-electron chi connectivity index (χ4n) is 2.66. The molecule has 0 unspecified atom stereocenters. The molecular formula is C12H14O2S. The molecule has 2 aliphatic carbocycles. The number of aliphatic carboxylic acids is 1. The minimum atomic E-state index is -0.617. The monoisotopic (exact) mass is 222 g/mol. The predicted molar refractivity (Wildman–Crippen MR) is 59.5 cm³/mol. The molecule has 80 valence electrons. The number of thiophene rings is 1. The first-order valence-electron chi connectivity index (χ1n) is 5.58. The summed E-state index contributed by atoms with van der Waals surface area (Å²) >= 11 is 1.75. The van der Waals surface area contributed by atoms with Crippen molar-refractivity contribution in [2.24, 2.45) is 0 Å². The molecule has 1 aromatic heterocycles. The van der Waals surface area contributed by atoms with Crippen LogP contribution in [0.5, 0.6) is 0 Å². The van der Waals surface area contributed by atoms with Gasteiger partial charge in [-0.25, -0.2) is 0 Å². The molecule has 3 rings (SSSR count). The van der Waals surface area contributed by atoms with Crippen LogP contribution in [0.25, 0.3) is 0 Å². The van der Waals surface area contributed by atoms with Gasteiger partial charge in [0.2, 0.25) is 0 Å². The zero-order chi connectivity index (χ0) is 10.5. The fourth-order valence-corrected chi connectivity index (χ4v) is 4.15. The van der Waals surface area contributed by atoms with Gasteiger partial charge in [-0.2, -0.15) is 0 Å². The van der Waals surface area contributed by atoms with E-state index >= 15 is 0 Å². The molecule has 0 bridgehead atoms. The van der Waals surface area contributed by atoms with Crippen LogP contribution in [0.3, 0.4) is 0 Å². The Morgan fingerprint density at radius 3 is 2.67 bits per heavy atom. The molecule has 0 aromatic carbocycles. The van der Waals surface area contributed by atoms with Gasteiger partial charge in [0.15, 0.2) is 0 Å². The summed E-state index contributed by atoms with van der Waals surface area (Å²) in [6.07, 6.45) is 6.30. The normalized spacial score (nSPS) is 22.1. The first kappa shape index (κ1) is 9.40. The third-order valence-electron chi connectivity index (χ3n) is 3.83. The molecule has 1 fully saturated rings. The molecule has 1 heterocycles. The van der Waals surface area contributed by atoms with E-state index < -0.39 is 11.4 Å². The largest absolute Gasteiger partial charge is 0.481 e. The molecule has 15 heavy (non-hydrogen) atoms. The van der Waals surface area contributed by atoms with Crippen LogP contribution in [0.2, 0.25) is 0 Å². The Morgan fingerprint density at radius 1 is 1.33 bits per heavy atom. The second-order valence-corrected chi connectivity index (χ2v) is 5.79. The number of hydrogen-bond donors (Lipinski definition) is 1. The fraction of sp³-hybridized carbons (Fsp3) is 0.583. The Labute approximate surface area is 92.9 Å². The molecule has 0 atom stereocenters. The second kappa shape index (κ2) is 3.08. The average molecular weight is 222 g/mol. The minimum absolute atomic E-state index is 0.505. The lowest BCUT2D eigenvalue weighted by molar-refractivity contribution is -0.147. The predicted octanol–water partition coefficient (Wildman–Crippen LogP) is 2.74. The zero-order valence-electron chi connectivity index (χ0n) is 8.58. The zero-order valence-corrected chi connectivity index (χ0v) is 9.40. The van der Waals surface area contributed by atoms with Crippen LogP contribution in [0.1, 0.15) is 41.0 Å². The van der Waals surface area contributed by atoms with Crippen molar-refractivity contribution in [2.45, 2.75) is 43.9 Å². The quantitative estimate of drug-likeness (QED) is 0.835. The number of fused-ring (bicyclic) bond motifs is 1. The van der Waals surface area contributed by atoms with E-state index in [2.05, 4.69) is 6.07 Å². The Morgan fingerprint density at radius 2 is 2.13 bits per heavy atom. The second-order valence-electron chi connectivity index (χ2n) is 4.65. The van der Waals surface area contributed by atoms with Crippen LogP contribution in [0.15, 0.2) is 6.07 Å². The van der Waals surface area contributed by atoms with Gasteiger partial charge in [0.25, 0.3) is 0 Å². The third kappa shape index (κ3) is 1.19. The summed E-state index contributed by atoms with van der Waals surface area (Å²) in [7, 11) is 0. The Hall–Kier alpha value is -0.830. The van der Waals surface area contributed by atoms with Gasteiger partial charge in [0.1, 0.15) is 5.41 Å². The number of aryl methyl sites for hydroxylation is 2. The van der Waals surface area contributed by atoms with Crippen molar-refractivity contribution < 1.29 is 9.90 Å². The Balaban J connectivity index is 2.01. The topological polar surface area (TPSA) is 37.3 Å². The van der Waals surface area contributed by atoms with Crippen LogP contribution < -0.4 is 0 Å². The maximum Gasteiger partial charge on any atom is 0.314 e. The van der Waals surface area contributed by atoms with Crippen LogP contribution in [0, 0.1) is 0 Å². The number of rotatable bonds is 2. The molecule has 0 amide bonds. The highest BCUT2D eigenvalue weighted by Crippen LogP contribution is 2.48. The molecule has 2 nitrogen and oxygen atoms in total. The number of carbonyl (C=O) groups is 1. The summed E-state index contributed by atoms with van der Waals surface area (Å²) in [5.41, 5.74) is 0.914. The van der Waals surface area contributed by atoms with Crippen molar-refractivity contribution in [1.29, 1.82) is 0 Å². The summed E-state index contributed by atoms with van der Waals surface area (Å²) in [5, 5.41) is 9.33. The van der Waals surface area contributed by atoms with Gasteiger partial charge in [-0.1, -0.05) is 6.42 Å². The highest BCUT2D eigenvalue weighted by atomic mass is 32.1. The molecule has 2 aliphatic rings. The summed E-state index contributed by atoms with van der Waals surface area (Å²) in [6, 6.07) is 2.17. The van der Waals surface area contributed by atoms with Crippen molar-refractivity contribution in [3.63, 3.8) is 0 Å². The van der Waals surface area contributed by atoms with Crippen LogP contribution in [0.4, 0.5) is 0 Å². The number of carboxylic acids is 1. The lowest BCUT2D eigenvalue weighted by atomic mass is 9.68. The molecular weight excluding hydrogens is 208 g/mol. The highest BCUT2D eigenvalue weighted by Gasteiger charge is 2.47. The van der Waals surface area contributed by atoms with Crippen LogP contribution in [-0.4, -0.2) is 11.1 Å². The summed E-state index contributed by atoms with van der Waals surface area (Å²) < 4.78 is 0. The number of carboxylic acid groups (broad SMARTS) is 1. The van der Waals surface area contributed by atoms with E-state index in [9.17, 15) is 9.90 Å².